The van der Waals surface area contributed by atoms with E-state index < -0.39 is 11.6 Å². The Kier molecular flexibility index (Phi) is 7.59. The standard InChI is InChI=1S/C13H26N2O3/c1-10(16)13(3,4)15-12(18)8-6-5-7-9-14-11(2)17/h10,16H,5-9H2,1-4H3,(H,14,17)(H,15,18). The first-order chi connectivity index (χ1) is 8.25. The minimum atomic E-state index is -0.590. The number of carbonyl (C=O) groups excluding carboxylic acids is 2. The molecular weight excluding hydrogens is 232 g/mol. The normalized spacial score (nSPS) is 12.9. The Balaban J connectivity index is 3.63. The fourth-order valence-corrected chi connectivity index (χ4v) is 1.38. The molecule has 5 heteroatoms. The molecule has 0 aliphatic heterocycles. The summed E-state index contributed by atoms with van der Waals surface area (Å²) in [4.78, 5) is 22.2. The van der Waals surface area contributed by atoms with Gasteiger partial charge in [-0.05, 0) is 33.6 Å². The largest absolute Gasteiger partial charge is 0.391 e. The highest BCUT2D eigenvalue weighted by Crippen LogP contribution is 2.09. The van der Waals surface area contributed by atoms with Crippen LogP contribution in [0, 0.1) is 0 Å². The number of rotatable bonds is 8. The van der Waals surface area contributed by atoms with Gasteiger partial charge >= 0.3 is 0 Å². The van der Waals surface area contributed by atoms with Gasteiger partial charge < -0.3 is 15.7 Å². The van der Waals surface area contributed by atoms with Crippen molar-refractivity contribution in [2.75, 3.05) is 6.54 Å². The molecule has 0 fully saturated rings. The van der Waals surface area contributed by atoms with Gasteiger partial charge in [0.25, 0.3) is 0 Å². The molecule has 1 unspecified atom stereocenters. The molecule has 18 heavy (non-hydrogen) atoms. The molecule has 0 heterocycles. The average molecular weight is 258 g/mol. The van der Waals surface area contributed by atoms with Crippen LogP contribution < -0.4 is 10.6 Å². The second-order valence-corrected chi connectivity index (χ2v) is 5.24. The summed E-state index contributed by atoms with van der Waals surface area (Å²) < 4.78 is 0. The summed E-state index contributed by atoms with van der Waals surface area (Å²) in [5.74, 6) is -0.0631. The average Bonchev–Trinajstić information content (AvgIpc) is 2.21. The molecular formula is C13H26N2O3. The Morgan fingerprint density at radius 1 is 1.22 bits per heavy atom. The number of hydrogen-bond donors (Lipinski definition) is 3. The first-order valence-corrected chi connectivity index (χ1v) is 6.49. The molecule has 0 aromatic rings. The van der Waals surface area contributed by atoms with Gasteiger partial charge in [0.05, 0.1) is 11.6 Å². The van der Waals surface area contributed by atoms with Crippen LogP contribution >= 0.6 is 0 Å². The van der Waals surface area contributed by atoms with Gasteiger partial charge in [-0.3, -0.25) is 9.59 Å². The highest BCUT2D eigenvalue weighted by molar-refractivity contribution is 5.76. The van der Waals surface area contributed by atoms with Gasteiger partial charge in [0.2, 0.25) is 11.8 Å². The van der Waals surface area contributed by atoms with Crippen molar-refractivity contribution in [2.24, 2.45) is 0 Å². The molecule has 2 amide bonds. The quantitative estimate of drug-likeness (QED) is 0.567. The number of hydrogen-bond acceptors (Lipinski definition) is 3. The predicted molar refractivity (Wildman–Crippen MR) is 71.1 cm³/mol. The lowest BCUT2D eigenvalue weighted by molar-refractivity contribution is -0.124. The molecule has 5 nitrogen and oxygen atoms in total. The first-order valence-electron chi connectivity index (χ1n) is 6.49. The predicted octanol–water partition coefficient (Wildman–Crippen LogP) is 0.958. The number of nitrogens with one attached hydrogen (secondary N) is 2. The van der Waals surface area contributed by atoms with Crippen molar-refractivity contribution in [1.29, 1.82) is 0 Å². The third kappa shape index (κ3) is 8.06. The molecule has 0 aromatic carbocycles. The minimum Gasteiger partial charge on any atom is -0.391 e. The van der Waals surface area contributed by atoms with Crippen LogP contribution in [0.5, 0.6) is 0 Å². The Bertz CT molecular complexity index is 275. The Hall–Kier alpha value is -1.10. The monoisotopic (exact) mass is 258 g/mol. The van der Waals surface area contributed by atoms with Crippen LogP contribution in [0.25, 0.3) is 0 Å². The molecule has 0 aromatic heterocycles. The molecule has 0 aliphatic carbocycles. The Morgan fingerprint density at radius 3 is 2.33 bits per heavy atom. The number of carbonyl (C=O) groups is 2. The highest BCUT2D eigenvalue weighted by atomic mass is 16.3. The number of aliphatic hydroxyl groups is 1. The van der Waals surface area contributed by atoms with Gasteiger partial charge in [-0.2, -0.15) is 0 Å². The molecule has 1 atom stereocenters. The van der Waals surface area contributed by atoms with E-state index in [2.05, 4.69) is 10.6 Å². The van der Waals surface area contributed by atoms with Crippen molar-refractivity contribution < 1.29 is 14.7 Å². The maximum Gasteiger partial charge on any atom is 0.220 e. The van der Waals surface area contributed by atoms with E-state index in [-0.39, 0.29) is 11.8 Å². The summed E-state index contributed by atoms with van der Waals surface area (Å²) in [6.07, 6.45) is 2.45. The highest BCUT2D eigenvalue weighted by Gasteiger charge is 2.25. The summed E-state index contributed by atoms with van der Waals surface area (Å²) >= 11 is 0. The van der Waals surface area contributed by atoms with Gasteiger partial charge in [0, 0.05) is 19.9 Å². The van der Waals surface area contributed by atoms with Crippen LogP contribution in [0.4, 0.5) is 0 Å². The first kappa shape index (κ1) is 16.9. The van der Waals surface area contributed by atoms with Crippen molar-refractivity contribution in [3.05, 3.63) is 0 Å². The topological polar surface area (TPSA) is 78.4 Å². The van der Waals surface area contributed by atoms with Crippen molar-refractivity contribution in [1.82, 2.24) is 10.6 Å². The van der Waals surface area contributed by atoms with Crippen LogP contribution in [-0.2, 0) is 9.59 Å². The van der Waals surface area contributed by atoms with Crippen LogP contribution in [-0.4, -0.2) is 35.1 Å². The summed E-state index contributed by atoms with van der Waals surface area (Å²) in [6.45, 7) is 7.41. The van der Waals surface area contributed by atoms with Gasteiger partial charge in [-0.25, -0.2) is 0 Å². The molecule has 0 aliphatic rings. The minimum absolute atomic E-state index is 0.0218. The van der Waals surface area contributed by atoms with Gasteiger partial charge in [-0.15, -0.1) is 0 Å². The number of amides is 2. The zero-order chi connectivity index (χ0) is 14.2. The van der Waals surface area contributed by atoms with Crippen molar-refractivity contribution in [2.45, 2.75) is 65.0 Å². The van der Waals surface area contributed by atoms with E-state index in [1.807, 2.05) is 0 Å². The van der Waals surface area contributed by atoms with Crippen molar-refractivity contribution >= 4 is 11.8 Å². The van der Waals surface area contributed by atoms with E-state index in [4.69, 9.17) is 0 Å². The molecule has 0 spiro atoms. The molecule has 0 bridgehead atoms. The summed E-state index contributed by atoms with van der Waals surface area (Å²) in [6, 6.07) is 0. The molecule has 0 radical (unpaired) electrons. The Morgan fingerprint density at radius 2 is 1.83 bits per heavy atom. The van der Waals surface area contributed by atoms with Crippen LogP contribution in [0.2, 0.25) is 0 Å². The molecule has 106 valence electrons. The van der Waals surface area contributed by atoms with E-state index in [1.165, 1.54) is 6.92 Å². The molecule has 0 rings (SSSR count). The summed E-state index contributed by atoms with van der Waals surface area (Å²) in [7, 11) is 0. The molecule has 3 N–H and O–H groups in total. The van der Waals surface area contributed by atoms with Crippen LogP contribution in [0.3, 0.4) is 0 Å². The Labute approximate surface area is 109 Å². The number of unbranched alkanes of at least 4 members (excludes halogenated alkanes) is 2. The van der Waals surface area contributed by atoms with Gasteiger partial charge in [0.15, 0.2) is 0 Å². The van der Waals surface area contributed by atoms with Crippen LogP contribution in [0.15, 0.2) is 0 Å². The number of aliphatic hydroxyl groups excluding tert-OH is 1. The fraction of sp³-hybridized carbons (Fsp3) is 0.846. The van der Waals surface area contributed by atoms with Gasteiger partial charge in [-0.1, -0.05) is 6.42 Å². The zero-order valence-corrected chi connectivity index (χ0v) is 11.9. The summed E-state index contributed by atoms with van der Waals surface area (Å²) in [5.41, 5.74) is -0.590. The smallest absolute Gasteiger partial charge is 0.220 e. The maximum atomic E-state index is 11.6. The van der Waals surface area contributed by atoms with Crippen molar-refractivity contribution in [3.8, 4) is 0 Å². The van der Waals surface area contributed by atoms with Crippen molar-refractivity contribution in [3.63, 3.8) is 0 Å². The lowest BCUT2D eigenvalue weighted by Gasteiger charge is -2.29. The molecule has 0 saturated carbocycles. The SMILES string of the molecule is CC(=O)NCCCCCC(=O)NC(C)(C)C(C)O. The second-order valence-electron chi connectivity index (χ2n) is 5.24. The fourth-order valence-electron chi connectivity index (χ4n) is 1.38. The van der Waals surface area contributed by atoms with Crippen LogP contribution in [0.1, 0.15) is 53.4 Å². The lowest BCUT2D eigenvalue weighted by atomic mass is 9.98. The summed E-state index contributed by atoms with van der Waals surface area (Å²) in [5, 5.41) is 15.0. The third-order valence-electron chi connectivity index (χ3n) is 2.96. The van der Waals surface area contributed by atoms with E-state index in [0.29, 0.717) is 13.0 Å². The van der Waals surface area contributed by atoms with E-state index in [0.717, 1.165) is 19.3 Å². The van der Waals surface area contributed by atoms with E-state index in [9.17, 15) is 14.7 Å². The zero-order valence-electron chi connectivity index (χ0n) is 11.9. The maximum absolute atomic E-state index is 11.6. The second kappa shape index (κ2) is 8.08. The van der Waals surface area contributed by atoms with E-state index >= 15 is 0 Å². The third-order valence-corrected chi connectivity index (χ3v) is 2.96. The van der Waals surface area contributed by atoms with E-state index in [1.54, 1.807) is 20.8 Å². The lowest BCUT2D eigenvalue weighted by Crippen LogP contribution is -2.50. The molecule has 0 saturated heterocycles. The van der Waals surface area contributed by atoms with Gasteiger partial charge in [0.1, 0.15) is 0 Å².